The van der Waals surface area contributed by atoms with Crippen LogP contribution in [0.5, 0.6) is 0 Å². The zero-order chi connectivity index (χ0) is 25.1. The number of aliphatic hydroxyl groups excluding tert-OH is 2. The summed E-state index contributed by atoms with van der Waals surface area (Å²) in [4.78, 5) is 59.5. The van der Waals surface area contributed by atoms with Crippen LogP contribution < -0.4 is 21.7 Å². The van der Waals surface area contributed by atoms with Gasteiger partial charge in [-0.05, 0) is 12.5 Å². The number of aliphatic carboxylic acids is 2. The number of carboxylic acid groups (broad SMARTS) is 2. The van der Waals surface area contributed by atoms with Crippen molar-refractivity contribution in [2.75, 3.05) is 6.61 Å². The minimum Gasteiger partial charge on any atom is -0.481 e. The van der Waals surface area contributed by atoms with Crippen molar-refractivity contribution < 1.29 is 44.4 Å². The van der Waals surface area contributed by atoms with E-state index in [1.54, 1.807) is 30.3 Å². The van der Waals surface area contributed by atoms with Gasteiger partial charge in [-0.3, -0.25) is 19.2 Å². The Morgan fingerprint density at radius 3 is 1.88 bits per heavy atom. The van der Waals surface area contributed by atoms with Gasteiger partial charge in [0.2, 0.25) is 17.7 Å². The largest absolute Gasteiger partial charge is 0.481 e. The lowest BCUT2D eigenvalue weighted by atomic mass is 10.0. The predicted molar refractivity (Wildman–Crippen MR) is 113 cm³/mol. The number of nitrogens with two attached hydrogens (primary N) is 1. The van der Waals surface area contributed by atoms with Crippen molar-refractivity contribution in [3.63, 3.8) is 0 Å². The summed E-state index contributed by atoms with van der Waals surface area (Å²) in [6, 6.07) is 2.33. The molecular weight excluding hydrogens is 440 g/mol. The third kappa shape index (κ3) is 9.22. The number of benzene rings is 1. The monoisotopic (exact) mass is 468 g/mol. The second-order valence-corrected chi connectivity index (χ2v) is 7.26. The van der Waals surface area contributed by atoms with Crippen LogP contribution in [-0.2, 0) is 30.4 Å². The summed E-state index contributed by atoms with van der Waals surface area (Å²) in [7, 11) is 0. The van der Waals surface area contributed by atoms with Crippen molar-refractivity contribution in [1.29, 1.82) is 0 Å². The first-order valence-electron chi connectivity index (χ1n) is 9.90. The van der Waals surface area contributed by atoms with Crippen LogP contribution in [0.15, 0.2) is 30.3 Å². The lowest BCUT2D eigenvalue weighted by Crippen LogP contribution is -2.59. The summed E-state index contributed by atoms with van der Waals surface area (Å²) in [6.45, 7) is 0.398. The van der Waals surface area contributed by atoms with Crippen LogP contribution >= 0.6 is 0 Å². The van der Waals surface area contributed by atoms with Gasteiger partial charge in [-0.1, -0.05) is 30.3 Å². The highest BCUT2D eigenvalue weighted by molar-refractivity contribution is 5.94. The molecule has 0 saturated carbocycles. The van der Waals surface area contributed by atoms with E-state index in [9.17, 15) is 34.2 Å². The fourth-order valence-corrected chi connectivity index (χ4v) is 2.66. The summed E-state index contributed by atoms with van der Waals surface area (Å²) in [5, 5.41) is 43.5. The molecule has 0 spiro atoms. The zero-order valence-corrected chi connectivity index (χ0v) is 17.8. The fraction of sp³-hybridized carbons (Fsp3) is 0.450. The maximum absolute atomic E-state index is 12.7. The first-order valence-corrected chi connectivity index (χ1v) is 9.90. The predicted octanol–water partition coefficient (Wildman–Crippen LogP) is -3.06. The third-order valence-electron chi connectivity index (χ3n) is 4.55. The van der Waals surface area contributed by atoms with Gasteiger partial charge in [-0.2, -0.15) is 0 Å². The molecule has 3 amide bonds. The minimum atomic E-state index is -1.75. The van der Waals surface area contributed by atoms with E-state index in [0.717, 1.165) is 0 Å². The number of aliphatic hydroxyl groups is 2. The van der Waals surface area contributed by atoms with Crippen LogP contribution in [-0.4, -0.2) is 87.0 Å². The van der Waals surface area contributed by atoms with Crippen molar-refractivity contribution in [3.05, 3.63) is 35.9 Å². The van der Waals surface area contributed by atoms with E-state index in [1.807, 2.05) is 0 Å². The van der Waals surface area contributed by atoms with E-state index in [1.165, 1.54) is 6.92 Å². The quantitative estimate of drug-likeness (QED) is 0.146. The van der Waals surface area contributed by atoms with E-state index in [4.69, 9.17) is 15.9 Å². The number of nitrogens with one attached hydrogen (secondary N) is 3. The van der Waals surface area contributed by atoms with E-state index in [2.05, 4.69) is 16.0 Å². The molecule has 0 aliphatic heterocycles. The van der Waals surface area contributed by atoms with Crippen molar-refractivity contribution in [1.82, 2.24) is 16.0 Å². The Balaban J connectivity index is 3.04. The van der Waals surface area contributed by atoms with Crippen LogP contribution in [0.4, 0.5) is 0 Å². The molecule has 1 rings (SSSR count). The number of carbonyl (C=O) groups excluding carboxylic acids is 3. The zero-order valence-electron chi connectivity index (χ0n) is 17.8. The first kappa shape index (κ1) is 27.5. The Morgan fingerprint density at radius 1 is 0.879 bits per heavy atom. The van der Waals surface area contributed by atoms with Crippen molar-refractivity contribution in [2.24, 2.45) is 5.73 Å². The lowest BCUT2D eigenvalue weighted by molar-refractivity contribution is -0.147. The average Bonchev–Trinajstić information content (AvgIpc) is 2.75. The standard InChI is InChI=1S/C20H28N4O9/c1-10(26)16(21)19(31)24-14(9-25)18(30)22-12(7-11-5-3-2-4-6-11)17(29)23-13(20(32)33)8-15(27)28/h2-6,10,12-14,16,25-26H,7-9,21H2,1H3,(H,22,30)(H,23,29)(H,24,31)(H,27,28)(H,32,33). The molecule has 0 saturated heterocycles. The normalized spacial score (nSPS) is 15.3. The Hall–Kier alpha value is -3.55. The van der Waals surface area contributed by atoms with Crippen LogP contribution in [0.25, 0.3) is 0 Å². The minimum absolute atomic E-state index is 0.100. The molecule has 9 N–H and O–H groups in total. The molecule has 33 heavy (non-hydrogen) atoms. The molecule has 1 aromatic carbocycles. The van der Waals surface area contributed by atoms with E-state index in [-0.39, 0.29) is 6.42 Å². The van der Waals surface area contributed by atoms with Gasteiger partial charge in [-0.25, -0.2) is 4.79 Å². The van der Waals surface area contributed by atoms with Crippen LogP contribution in [0.1, 0.15) is 18.9 Å². The van der Waals surface area contributed by atoms with Crippen molar-refractivity contribution in [2.45, 2.75) is 50.0 Å². The molecule has 182 valence electrons. The molecule has 13 heteroatoms. The number of carbonyl (C=O) groups is 5. The Labute approximate surface area is 189 Å². The van der Waals surface area contributed by atoms with Crippen LogP contribution in [0.2, 0.25) is 0 Å². The Bertz CT molecular complexity index is 847. The smallest absolute Gasteiger partial charge is 0.326 e. The summed E-state index contributed by atoms with van der Waals surface area (Å²) < 4.78 is 0. The molecule has 0 aliphatic carbocycles. The Morgan fingerprint density at radius 2 is 1.39 bits per heavy atom. The summed E-state index contributed by atoms with van der Waals surface area (Å²) >= 11 is 0. The molecule has 5 atom stereocenters. The fourth-order valence-electron chi connectivity index (χ4n) is 2.66. The molecule has 0 bridgehead atoms. The van der Waals surface area contributed by atoms with Crippen LogP contribution in [0, 0.1) is 0 Å². The molecular formula is C20H28N4O9. The molecule has 0 heterocycles. The van der Waals surface area contributed by atoms with Gasteiger partial charge in [0.25, 0.3) is 0 Å². The molecule has 0 radical (unpaired) electrons. The summed E-state index contributed by atoms with van der Waals surface area (Å²) in [5.41, 5.74) is 6.08. The number of rotatable bonds is 13. The number of carboxylic acids is 2. The van der Waals surface area contributed by atoms with E-state index in [0.29, 0.717) is 5.56 Å². The van der Waals surface area contributed by atoms with Gasteiger partial charge in [0.05, 0.1) is 19.1 Å². The second kappa shape index (κ2) is 13.1. The lowest BCUT2D eigenvalue weighted by Gasteiger charge is -2.24. The topological polar surface area (TPSA) is 228 Å². The maximum atomic E-state index is 12.7. The van der Waals surface area contributed by atoms with Crippen molar-refractivity contribution >= 4 is 29.7 Å². The molecule has 0 fully saturated rings. The van der Waals surface area contributed by atoms with Crippen LogP contribution in [0.3, 0.4) is 0 Å². The highest BCUT2D eigenvalue weighted by atomic mass is 16.4. The third-order valence-corrected chi connectivity index (χ3v) is 4.55. The maximum Gasteiger partial charge on any atom is 0.326 e. The highest BCUT2D eigenvalue weighted by Crippen LogP contribution is 2.05. The van der Waals surface area contributed by atoms with Gasteiger partial charge in [-0.15, -0.1) is 0 Å². The van der Waals surface area contributed by atoms with E-state index >= 15 is 0 Å². The highest BCUT2D eigenvalue weighted by Gasteiger charge is 2.31. The van der Waals surface area contributed by atoms with Gasteiger partial charge in [0.15, 0.2) is 0 Å². The summed E-state index contributed by atoms with van der Waals surface area (Å²) in [5.74, 6) is -5.92. The van der Waals surface area contributed by atoms with Gasteiger partial charge in [0, 0.05) is 6.42 Å². The molecule has 5 unspecified atom stereocenters. The second-order valence-electron chi connectivity index (χ2n) is 7.26. The average molecular weight is 468 g/mol. The van der Waals surface area contributed by atoms with Gasteiger partial charge in [0.1, 0.15) is 24.2 Å². The Kier molecular flexibility index (Phi) is 10.9. The van der Waals surface area contributed by atoms with Crippen molar-refractivity contribution in [3.8, 4) is 0 Å². The SMILES string of the molecule is CC(O)C(N)C(=O)NC(CO)C(=O)NC(Cc1ccccc1)C(=O)NC(CC(=O)O)C(=O)O. The molecule has 0 aromatic heterocycles. The molecule has 13 nitrogen and oxygen atoms in total. The van der Waals surface area contributed by atoms with E-state index < -0.39 is 73.0 Å². The summed E-state index contributed by atoms with van der Waals surface area (Å²) in [6.07, 6.45) is -2.22. The van der Waals surface area contributed by atoms with Gasteiger partial charge >= 0.3 is 11.9 Å². The first-order chi connectivity index (χ1) is 15.5. The number of hydrogen-bond acceptors (Lipinski definition) is 8. The number of hydrogen-bond donors (Lipinski definition) is 8. The molecule has 1 aromatic rings. The number of amides is 3. The molecule has 0 aliphatic rings. The van der Waals surface area contributed by atoms with Gasteiger partial charge < -0.3 is 42.1 Å².